The van der Waals surface area contributed by atoms with E-state index in [-0.39, 0.29) is 32.7 Å². The second-order valence-corrected chi connectivity index (χ2v) is 3.36. The molecule has 0 unspecified atom stereocenters. The summed E-state index contributed by atoms with van der Waals surface area (Å²) in [5, 5.41) is 3.12. The minimum atomic E-state index is 0. The third kappa shape index (κ3) is 3.36. The summed E-state index contributed by atoms with van der Waals surface area (Å²) >= 11 is 0. The standard InChI is InChI=1S/C12H12N3.Y/c1-9-8-13-12(14-10(9)2)15-11-6-4-3-5-7-11;/h3-7H,1-2H3,(H,13,14,15);/q-1;. The van der Waals surface area contributed by atoms with E-state index in [9.17, 15) is 0 Å². The van der Waals surface area contributed by atoms with Gasteiger partial charge >= 0.3 is 0 Å². The van der Waals surface area contributed by atoms with Gasteiger partial charge in [-0.2, -0.15) is 0 Å². The topological polar surface area (TPSA) is 37.8 Å². The van der Waals surface area contributed by atoms with Crippen LogP contribution in [-0.4, -0.2) is 9.97 Å². The van der Waals surface area contributed by atoms with Gasteiger partial charge in [-0.1, -0.05) is 43.9 Å². The van der Waals surface area contributed by atoms with Gasteiger partial charge in [-0.3, -0.25) is 0 Å². The summed E-state index contributed by atoms with van der Waals surface area (Å²) in [6.45, 7) is 3.89. The molecule has 1 radical (unpaired) electrons. The van der Waals surface area contributed by atoms with Gasteiger partial charge in [-0.05, 0) is 12.1 Å². The zero-order chi connectivity index (χ0) is 10.7. The van der Waals surface area contributed by atoms with Crippen LogP contribution in [0.25, 0.3) is 0 Å². The third-order valence-electron chi connectivity index (χ3n) is 2.18. The fraction of sp³-hybridized carbons (Fsp3) is 0.167. The monoisotopic (exact) mass is 287 g/mol. The number of aromatic nitrogens is 2. The Labute approximate surface area is 121 Å². The molecule has 1 N–H and O–H groups in total. The Morgan fingerprint density at radius 1 is 1.12 bits per heavy atom. The maximum absolute atomic E-state index is 4.31. The Morgan fingerprint density at radius 3 is 2.44 bits per heavy atom. The molecule has 0 amide bonds. The van der Waals surface area contributed by atoms with Crippen molar-refractivity contribution >= 4 is 11.6 Å². The van der Waals surface area contributed by atoms with Crippen molar-refractivity contribution < 1.29 is 32.7 Å². The van der Waals surface area contributed by atoms with Crippen molar-refractivity contribution in [2.75, 3.05) is 5.32 Å². The van der Waals surface area contributed by atoms with Gasteiger partial charge < -0.3 is 15.3 Å². The van der Waals surface area contributed by atoms with Crippen LogP contribution >= 0.6 is 0 Å². The van der Waals surface area contributed by atoms with Gasteiger partial charge in [0.2, 0.25) is 0 Å². The normalized spacial score (nSPS) is 9.38. The van der Waals surface area contributed by atoms with Gasteiger partial charge in [0.05, 0.1) is 0 Å². The summed E-state index contributed by atoms with van der Waals surface area (Å²) in [6.07, 6.45) is 2.91. The SMILES string of the molecule is Cc1[c-]nc(Nc2ccccc2)nc1C.[Y]. The zero-order valence-corrected chi connectivity index (χ0v) is 12.2. The van der Waals surface area contributed by atoms with Crippen molar-refractivity contribution in [1.82, 2.24) is 9.97 Å². The fourth-order valence-corrected chi connectivity index (χ4v) is 1.19. The predicted octanol–water partition coefficient (Wildman–Crippen LogP) is 2.63. The molecule has 0 saturated carbocycles. The number of nitrogens with one attached hydrogen (secondary N) is 1. The van der Waals surface area contributed by atoms with Crippen LogP contribution in [-0.2, 0) is 32.7 Å². The van der Waals surface area contributed by atoms with Crippen molar-refractivity contribution in [2.24, 2.45) is 0 Å². The first kappa shape index (κ1) is 13.3. The fourth-order valence-electron chi connectivity index (χ4n) is 1.19. The maximum Gasteiger partial charge on any atom is 0.110 e. The number of aryl methyl sites for hydroxylation is 2. The molecule has 1 heterocycles. The number of benzene rings is 1. The van der Waals surface area contributed by atoms with Gasteiger partial charge in [0.15, 0.2) is 0 Å². The molecule has 16 heavy (non-hydrogen) atoms. The number of hydrogen-bond acceptors (Lipinski definition) is 3. The maximum atomic E-state index is 4.31. The van der Waals surface area contributed by atoms with Gasteiger partial charge in [0.1, 0.15) is 5.95 Å². The van der Waals surface area contributed by atoms with Crippen LogP contribution in [0, 0.1) is 20.0 Å². The molecule has 0 bridgehead atoms. The van der Waals surface area contributed by atoms with Crippen LogP contribution in [0.5, 0.6) is 0 Å². The summed E-state index contributed by atoms with van der Waals surface area (Å²) in [6, 6.07) is 9.84. The minimum Gasteiger partial charge on any atom is -0.378 e. The summed E-state index contributed by atoms with van der Waals surface area (Å²) in [4.78, 5) is 8.40. The number of anilines is 2. The Morgan fingerprint density at radius 2 is 1.81 bits per heavy atom. The molecular formula is C12H12N3Y-. The van der Waals surface area contributed by atoms with Crippen LogP contribution in [0.4, 0.5) is 11.6 Å². The van der Waals surface area contributed by atoms with Crippen molar-refractivity contribution in [1.29, 1.82) is 0 Å². The summed E-state index contributed by atoms with van der Waals surface area (Å²) < 4.78 is 0. The van der Waals surface area contributed by atoms with E-state index >= 15 is 0 Å². The van der Waals surface area contributed by atoms with E-state index < -0.39 is 0 Å². The van der Waals surface area contributed by atoms with Gasteiger partial charge in [0, 0.05) is 38.4 Å². The van der Waals surface area contributed by atoms with Crippen molar-refractivity contribution in [3.8, 4) is 0 Å². The molecule has 0 saturated heterocycles. The Balaban J connectivity index is 0.00000128. The minimum absolute atomic E-state index is 0. The van der Waals surface area contributed by atoms with E-state index in [1.807, 2.05) is 44.2 Å². The van der Waals surface area contributed by atoms with E-state index in [1.54, 1.807) is 0 Å². The summed E-state index contributed by atoms with van der Waals surface area (Å²) in [5.74, 6) is 0.587. The van der Waals surface area contributed by atoms with Gasteiger partial charge in [-0.25, -0.2) is 0 Å². The van der Waals surface area contributed by atoms with E-state index in [1.165, 1.54) is 0 Å². The molecule has 0 fully saturated rings. The second-order valence-electron chi connectivity index (χ2n) is 3.36. The van der Waals surface area contributed by atoms with Crippen molar-refractivity contribution in [3.05, 3.63) is 47.8 Å². The Bertz CT molecular complexity index is 457. The van der Waals surface area contributed by atoms with Crippen molar-refractivity contribution in [3.63, 3.8) is 0 Å². The molecule has 0 aliphatic rings. The largest absolute Gasteiger partial charge is 0.378 e. The zero-order valence-electron chi connectivity index (χ0n) is 9.36. The van der Waals surface area contributed by atoms with E-state index in [0.29, 0.717) is 5.95 Å². The first-order valence-corrected chi connectivity index (χ1v) is 4.81. The molecule has 1 aromatic heterocycles. The summed E-state index contributed by atoms with van der Waals surface area (Å²) in [7, 11) is 0. The number of para-hydroxylation sites is 1. The van der Waals surface area contributed by atoms with E-state index in [0.717, 1.165) is 16.9 Å². The molecule has 4 heteroatoms. The Kier molecular flexibility index (Phi) is 5.03. The quantitative estimate of drug-likeness (QED) is 0.863. The van der Waals surface area contributed by atoms with Crippen LogP contribution in [0.2, 0.25) is 0 Å². The first-order valence-electron chi connectivity index (χ1n) is 4.81. The third-order valence-corrected chi connectivity index (χ3v) is 2.18. The summed E-state index contributed by atoms with van der Waals surface area (Å²) in [5.41, 5.74) is 2.91. The van der Waals surface area contributed by atoms with Gasteiger partial charge in [0.25, 0.3) is 0 Å². The smallest absolute Gasteiger partial charge is 0.110 e. The number of hydrogen-bond donors (Lipinski definition) is 1. The van der Waals surface area contributed by atoms with Crippen LogP contribution < -0.4 is 5.32 Å². The predicted molar refractivity (Wildman–Crippen MR) is 60.1 cm³/mol. The van der Waals surface area contributed by atoms with E-state index in [2.05, 4.69) is 21.5 Å². The molecule has 2 aromatic rings. The average Bonchev–Trinajstić information content (AvgIpc) is 2.25. The van der Waals surface area contributed by atoms with E-state index in [4.69, 9.17) is 0 Å². The Hall–Kier alpha value is -0.796. The first-order chi connectivity index (χ1) is 7.25. The molecule has 79 valence electrons. The van der Waals surface area contributed by atoms with Crippen LogP contribution in [0.15, 0.2) is 30.3 Å². The molecule has 1 aromatic carbocycles. The number of rotatable bonds is 2. The molecule has 2 rings (SSSR count). The average molecular weight is 287 g/mol. The van der Waals surface area contributed by atoms with Crippen molar-refractivity contribution in [2.45, 2.75) is 13.8 Å². The van der Waals surface area contributed by atoms with Gasteiger partial charge in [-0.15, -0.1) is 5.56 Å². The molecule has 0 aliphatic carbocycles. The molecule has 0 spiro atoms. The molecule has 0 atom stereocenters. The van der Waals surface area contributed by atoms with Crippen LogP contribution in [0.3, 0.4) is 0 Å². The van der Waals surface area contributed by atoms with Crippen LogP contribution in [0.1, 0.15) is 11.3 Å². The second kappa shape index (κ2) is 6.07. The molecular weight excluding hydrogens is 275 g/mol. The molecule has 3 nitrogen and oxygen atoms in total. The number of nitrogens with zero attached hydrogens (tertiary/aromatic N) is 2. The molecule has 0 aliphatic heterocycles.